The summed E-state index contributed by atoms with van der Waals surface area (Å²) in [6.45, 7) is 1.62. The first-order valence-electron chi connectivity index (χ1n) is 10.4. The van der Waals surface area contributed by atoms with Gasteiger partial charge in [-0.05, 0) is 48.9 Å². The molecule has 33 heavy (non-hydrogen) atoms. The van der Waals surface area contributed by atoms with Crippen LogP contribution in [0.3, 0.4) is 0 Å². The van der Waals surface area contributed by atoms with Crippen LogP contribution in [-0.2, 0) is 14.2 Å². The highest BCUT2D eigenvalue weighted by Crippen LogP contribution is 2.40. The maximum Gasteiger partial charge on any atom is 0.291 e. The number of nitrogens with zero attached hydrogens (tertiary/aromatic N) is 2. The number of hydrogen-bond acceptors (Lipinski definition) is 4. The van der Waals surface area contributed by atoms with Gasteiger partial charge in [-0.15, -0.1) is 0 Å². The van der Waals surface area contributed by atoms with Crippen LogP contribution in [0.1, 0.15) is 18.5 Å². The van der Waals surface area contributed by atoms with Crippen LogP contribution in [0.4, 0.5) is 4.39 Å². The van der Waals surface area contributed by atoms with E-state index < -0.39 is 36.8 Å². The van der Waals surface area contributed by atoms with E-state index in [0.29, 0.717) is 21.9 Å². The molecule has 0 aliphatic carbocycles. The van der Waals surface area contributed by atoms with Crippen LogP contribution in [0.5, 0.6) is 0 Å². The molecule has 1 heterocycles. The van der Waals surface area contributed by atoms with E-state index in [1.807, 2.05) is 12.1 Å². The van der Waals surface area contributed by atoms with Crippen LogP contribution in [0, 0.1) is 11.7 Å². The van der Waals surface area contributed by atoms with Gasteiger partial charge < -0.3 is 4.90 Å². The quantitative estimate of drug-likeness (QED) is 0.263. The number of benzene rings is 3. The van der Waals surface area contributed by atoms with Crippen LogP contribution in [0.15, 0.2) is 90.0 Å². The molecule has 1 N–H and O–H groups in total. The highest BCUT2D eigenvalue weighted by atomic mass is 31.2. The van der Waals surface area contributed by atoms with Gasteiger partial charge in [0.25, 0.3) is 5.91 Å². The second-order valence-corrected chi connectivity index (χ2v) is 10.3. The smallest absolute Gasteiger partial charge is 0.291 e. The van der Waals surface area contributed by atoms with Gasteiger partial charge in [-0.25, -0.2) is 4.39 Å². The summed E-state index contributed by atoms with van der Waals surface area (Å²) in [4.78, 5) is 26.7. The van der Waals surface area contributed by atoms with E-state index in [9.17, 15) is 18.5 Å². The summed E-state index contributed by atoms with van der Waals surface area (Å²) in [5.74, 6) is -2.55. The van der Waals surface area contributed by atoms with Gasteiger partial charge in [-0.1, -0.05) is 48.5 Å². The number of halogens is 1. The zero-order chi connectivity index (χ0) is 23.6. The minimum Gasteiger partial charge on any atom is -0.331 e. The lowest BCUT2D eigenvalue weighted by atomic mass is 9.89. The van der Waals surface area contributed by atoms with E-state index in [-0.39, 0.29) is 0 Å². The van der Waals surface area contributed by atoms with E-state index in [2.05, 4.69) is 10.3 Å². The molecule has 1 aliphatic heterocycles. The van der Waals surface area contributed by atoms with Crippen LogP contribution >= 0.6 is 7.29 Å². The van der Waals surface area contributed by atoms with Crippen molar-refractivity contribution in [2.75, 3.05) is 7.05 Å². The molecule has 168 valence electrons. The number of likely N-dealkylation sites (tertiary alicyclic amines) is 1. The predicted octanol–water partition coefficient (Wildman–Crippen LogP) is 3.42. The number of amides is 1. The summed E-state index contributed by atoms with van der Waals surface area (Å²) in [5, 5.41) is 8.34. The van der Waals surface area contributed by atoms with Crippen molar-refractivity contribution in [3.8, 4) is 0 Å². The van der Waals surface area contributed by atoms with Crippen molar-refractivity contribution in [1.82, 2.24) is 10.1 Å². The van der Waals surface area contributed by atoms with E-state index in [0.717, 1.165) is 0 Å². The maximum atomic E-state index is 14.1. The Balaban J connectivity index is 1.72. The van der Waals surface area contributed by atoms with E-state index >= 15 is 0 Å². The summed E-state index contributed by atoms with van der Waals surface area (Å²) in [5.41, 5.74) is 0.936. The van der Waals surface area contributed by atoms with Gasteiger partial charge >= 0.3 is 0 Å². The number of Topliss-reactive ketones (excluding diaryl/α,β-unsaturated/α-hetero) is 1. The van der Waals surface area contributed by atoms with Gasteiger partial charge in [0.2, 0.25) is 13.1 Å². The van der Waals surface area contributed by atoms with Crippen molar-refractivity contribution >= 4 is 35.3 Å². The molecule has 0 bridgehead atoms. The lowest BCUT2D eigenvalue weighted by molar-refractivity contribution is -0.140. The Hall–Kier alpha value is -3.57. The SMILES string of the molecule is C/C(=N\NP(=O)(c1ccccc1)c1ccccc1)C1C(=O)C(=O)N(C)C1c1ccc(F)cc1. The molecule has 8 heteroatoms. The van der Waals surface area contributed by atoms with Gasteiger partial charge in [-0.2, -0.15) is 5.10 Å². The molecule has 1 amide bonds. The predicted molar refractivity (Wildman–Crippen MR) is 126 cm³/mol. The molecule has 0 saturated carbocycles. The van der Waals surface area contributed by atoms with Gasteiger partial charge in [0.05, 0.1) is 12.0 Å². The normalized spacial score (nSPS) is 19.1. The monoisotopic (exact) mass is 463 g/mol. The Bertz CT molecular complexity index is 1200. The van der Waals surface area contributed by atoms with E-state index in [4.69, 9.17) is 0 Å². The Morgan fingerprint density at radius 1 is 0.909 bits per heavy atom. The first-order chi connectivity index (χ1) is 15.8. The van der Waals surface area contributed by atoms with Crippen LogP contribution in [-0.4, -0.2) is 29.3 Å². The number of carbonyl (C=O) groups is 2. The third-order valence-electron chi connectivity index (χ3n) is 5.81. The van der Waals surface area contributed by atoms with Gasteiger partial charge in [0, 0.05) is 23.4 Å². The number of ketones is 1. The third-order valence-corrected chi connectivity index (χ3v) is 8.25. The fourth-order valence-electron chi connectivity index (χ4n) is 4.05. The second kappa shape index (κ2) is 9.12. The topological polar surface area (TPSA) is 78.8 Å². The number of hydrazone groups is 1. The van der Waals surface area contributed by atoms with Crippen LogP contribution < -0.4 is 15.8 Å². The van der Waals surface area contributed by atoms with Crippen molar-refractivity contribution in [3.63, 3.8) is 0 Å². The summed E-state index contributed by atoms with van der Waals surface area (Å²) in [6.07, 6.45) is 0. The highest BCUT2D eigenvalue weighted by molar-refractivity contribution is 7.76. The van der Waals surface area contributed by atoms with Gasteiger partial charge in [0.15, 0.2) is 0 Å². The molecule has 3 aromatic rings. The minimum atomic E-state index is -3.36. The van der Waals surface area contributed by atoms with Crippen molar-refractivity contribution in [3.05, 3.63) is 96.3 Å². The first-order valence-corrected chi connectivity index (χ1v) is 12.1. The molecule has 2 unspecified atom stereocenters. The number of carbonyl (C=O) groups excluding carboxylic acids is 2. The summed E-state index contributed by atoms with van der Waals surface area (Å²) in [6, 6.07) is 22.9. The van der Waals surface area contributed by atoms with E-state index in [1.54, 1.807) is 67.6 Å². The Labute approximate surface area is 191 Å². The second-order valence-electron chi connectivity index (χ2n) is 7.89. The van der Waals surface area contributed by atoms with Crippen molar-refractivity contribution < 1.29 is 18.5 Å². The summed E-state index contributed by atoms with van der Waals surface area (Å²) < 4.78 is 27.6. The van der Waals surface area contributed by atoms with Crippen molar-refractivity contribution in [1.29, 1.82) is 0 Å². The molecule has 3 aromatic carbocycles. The average Bonchev–Trinajstić information content (AvgIpc) is 3.08. The van der Waals surface area contributed by atoms with Crippen molar-refractivity contribution in [2.45, 2.75) is 13.0 Å². The highest BCUT2D eigenvalue weighted by Gasteiger charge is 2.48. The average molecular weight is 463 g/mol. The molecule has 1 fully saturated rings. The van der Waals surface area contributed by atoms with Gasteiger partial charge in [0.1, 0.15) is 5.82 Å². The Morgan fingerprint density at radius 2 is 1.42 bits per heavy atom. The maximum absolute atomic E-state index is 14.1. The molecule has 4 rings (SSSR count). The zero-order valence-electron chi connectivity index (χ0n) is 18.2. The molecule has 0 aromatic heterocycles. The van der Waals surface area contributed by atoms with Crippen LogP contribution in [0.2, 0.25) is 0 Å². The van der Waals surface area contributed by atoms with Gasteiger partial charge in [-0.3, -0.25) is 19.4 Å². The lowest BCUT2D eigenvalue weighted by Crippen LogP contribution is -2.29. The molecule has 6 nitrogen and oxygen atoms in total. The van der Waals surface area contributed by atoms with Crippen LogP contribution in [0.25, 0.3) is 0 Å². The van der Waals surface area contributed by atoms with E-state index in [1.165, 1.54) is 24.1 Å². The number of likely N-dealkylation sites (N-methyl/N-ethyl adjacent to an activating group) is 1. The molecule has 1 saturated heterocycles. The number of hydrogen-bond donors (Lipinski definition) is 1. The fraction of sp³-hybridized carbons (Fsp3) is 0.160. The van der Waals surface area contributed by atoms with Crippen molar-refractivity contribution in [2.24, 2.45) is 11.0 Å². The minimum absolute atomic E-state index is 0.319. The lowest BCUT2D eigenvalue weighted by Gasteiger charge is -2.25. The largest absolute Gasteiger partial charge is 0.331 e. The summed E-state index contributed by atoms with van der Waals surface area (Å²) in [7, 11) is -1.83. The molecule has 2 atom stereocenters. The number of nitrogens with one attached hydrogen (secondary N) is 1. The Morgan fingerprint density at radius 3 is 1.94 bits per heavy atom. The third kappa shape index (κ3) is 4.24. The Kier molecular flexibility index (Phi) is 6.25. The zero-order valence-corrected chi connectivity index (χ0v) is 19.1. The first kappa shape index (κ1) is 22.6. The molecule has 0 radical (unpaired) electrons. The number of rotatable bonds is 6. The molecule has 1 aliphatic rings. The fourth-order valence-corrected chi connectivity index (χ4v) is 6.07. The molecular weight excluding hydrogens is 440 g/mol. The molecule has 0 spiro atoms. The standard InChI is InChI=1S/C25H23FN3O3P/c1-17(22-23(29(2)25(31)24(22)30)18-13-15-19(26)16-14-18)27-28-33(32,20-9-5-3-6-10-20)21-11-7-4-8-12-21/h3-16,22-23H,1-2H3,(H,28,32)/b27-17+. The summed E-state index contributed by atoms with van der Waals surface area (Å²) >= 11 is 0. The molecular formula is C25H23FN3O3P.